The summed E-state index contributed by atoms with van der Waals surface area (Å²) in [6.07, 6.45) is 9.03. The monoisotopic (exact) mass is 404 g/mol. The van der Waals surface area contributed by atoms with Crippen LogP contribution in [0.3, 0.4) is 0 Å². The molecule has 5 atom stereocenters. The van der Waals surface area contributed by atoms with Gasteiger partial charge >= 0.3 is 11.9 Å². The van der Waals surface area contributed by atoms with Crippen molar-refractivity contribution in [2.45, 2.75) is 91.8 Å². The van der Waals surface area contributed by atoms with Crippen LogP contribution in [0.2, 0.25) is 0 Å². The van der Waals surface area contributed by atoms with Gasteiger partial charge in [0, 0.05) is 32.1 Å². The number of rotatable bonds is 5. The van der Waals surface area contributed by atoms with E-state index in [1.165, 1.54) is 19.4 Å². The van der Waals surface area contributed by atoms with Crippen LogP contribution in [-0.4, -0.2) is 23.5 Å². The Morgan fingerprint density at radius 2 is 1.79 bits per heavy atom. The molecule has 0 heterocycles. The maximum absolute atomic E-state index is 12.0. The summed E-state index contributed by atoms with van der Waals surface area (Å²) >= 11 is 0. The molecular weight excluding hydrogens is 368 g/mol. The van der Waals surface area contributed by atoms with E-state index < -0.39 is 17.7 Å². The van der Waals surface area contributed by atoms with Gasteiger partial charge in [-0.25, -0.2) is 0 Å². The van der Waals surface area contributed by atoms with E-state index in [1.54, 1.807) is 0 Å². The minimum absolute atomic E-state index is 0.253. The van der Waals surface area contributed by atoms with Crippen LogP contribution in [0.5, 0.6) is 0 Å². The number of esters is 2. The van der Waals surface area contributed by atoms with E-state index >= 15 is 0 Å². The third kappa shape index (κ3) is 4.15. The zero-order chi connectivity index (χ0) is 21.4. The summed E-state index contributed by atoms with van der Waals surface area (Å²) in [5, 5.41) is 0. The molecule has 0 amide bonds. The normalized spacial score (nSPS) is 34.7. The topological polar surface area (TPSA) is 69.7 Å². The standard InChI is InChI=1S/C24H36O5/c1-15-8-9-20(27)14-21(15)16(2)13-19-7-6-11-23(5)22(19)10-12-24(23,28-17(3)25)29-18(4)26/h14-16,19,22H,6-13H2,1-5H3. The molecule has 0 saturated heterocycles. The van der Waals surface area contributed by atoms with Crippen LogP contribution < -0.4 is 0 Å². The predicted octanol–water partition coefficient (Wildman–Crippen LogP) is 4.98. The fourth-order valence-electron chi connectivity index (χ4n) is 6.54. The van der Waals surface area contributed by atoms with Gasteiger partial charge in [0.1, 0.15) is 0 Å². The molecule has 162 valence electrons. The Labute approximate surface area is 174 Å². The van der Waals surface area contributed by atoms with Crippen LogP contribution in [-0.2, 0) is 23.9 Å². The Hall–Kier alpha value is -1.65. The lowest BCUT2D eigenvalue weighted by atomic mass is 9.60. The molecule has 0 aromatic rings. The number of carbonyl (C=O) groups is 3. The number of hydrogen-bond donors (Lipinski definition) is 0. The van der Waals surface area contributed by atoms with E-state index in [0.29, 0.717) is 36.5 Å². The van der Waals surface area contributed by atoms with Gasteiger partial charge in [-0.15, -0.1) is 0 Å². The highest BCUT2D eigenvalue weighted by atomic mass is 16.7. The number of carbonyl (C=O) groups excluding carboxylic acids is 3. The molecule has 0 spiro atoms. The van der Waals surface area contributed by atoms with Gasteiger partial charge in [0.2, 0.25) is 0 Å². The first-order chi connectivity index (χ1) is 13.6. The fourth-order valence-corrected chi connectivity index (χ4v) is 6.54. The molecule has 3 aliphatic carbocycles. The van der Waals surface area contributed by atoms with Crippen molar-refractivity contribution < 1.29 is 23.9 Å². The molecule has 5 unspecified atom stereocenters. The largest absolute Gasteiger partial charge is 0.422 e. The van der Waals surface area contributed by atoms with Crippen molar-refractivity contribution in [3.05, 3.63) is 11.6 Å². The van der Waals surface area contributed by atoms with Crippen molar-refractivity contribution in [2.24, 2.45) is 29.1 Å². The average molecular weight is 405 g/mol. The lowest BCUT2D eigenvalue weighted by Gasteiger charge is -2.49. The molecule has 5 heteroatoms. The summed E-state index contributed by atoms with van der Waals surface area (Å²) in [5.41, 5.74) is 0.924. The minimum atomic E-state index is -1.15. The van der Waals surface area contributed by atoms with Crippen LogP contribution in [0, 0.1) is 29.1 Å². The SMILES string of the molecule is CC(=O)OC1(OC(C)=O)CCC2C(CC(C)C3=CC(=O)CCC3C)CCCC21C. The quantitative estimate of drug-likeness (QED) is 0.477. The second-order valence-corrected chi connectivity index (χ2v) is 9.84. The van der Waals surface area contributed by atoms with Crippen molar-refractivity contribution in [2.75, 3.05) is 0 Å². The van der Waals surface area contributed by atoms with Crippen molar-refractivity contribution in [1.29, 1.82) is 0 Å². The van der Waals surface area contributed by atoms with Gasteiger partial charge in [0.25, 0.3) is 5.79 Å². The van der Waals surface area contributed by atoms with Crippen LogP contribution in [0.15, 0.2) is 11.6 Å². The molecule has 0 N–H and O–H groups in total. The summed E-state index contributed by atoms with van der Waals surface area (Å²) in [4.78, 5) is 35.7. The summed E-state index contributed by atoms with van der Waals surface area (Å²) in [6.45, 7) is 9.38. The van der Waals surface area contributed by atoms with Gasteiger partial charge < -0.3 is 9.47 Å². The highest BCUT2D eigenvalue weighted by molar-refractivity contribution is 5.91. The maximum Gasteiger partial charge on any atom is 0.305 e. The molecule has 0 aromatic heterocycles. The van der Waals surface area contributed by atoms with Crippen LogP contribution in [0.1, 0.15) is 86.0 Å². The Bertz CT molecular complexity index is 692. The van der Waals surface area contributed by atoms with Crippen LogP contribution in [0.4, 0.5) is 0 Å². The number of ether oxygens (including phenoxy) is 2. The van der Waals surface area contributed by atoms with Crippen molar-refractivity contribution in [3.8, 4) is 0 Å². The zero-order valence-electron chi connectivity index (χ0n) is 18.6. The number of hydrogen-bond acceptors (Lipinski definition) is 5. The number of ketones is 1. The summed E-state index contributed by atoms with van der Waals surface area (Å²) in [5.74, 6) is -0.0597. The minimum Gasteiger partial charge on any atom is -0.422 e. The summed E-state index contributed by atoms with van der Waals surface area (Å²) in [7, 11) is 0. The molecule has 0 radical (unpaired) electrons. The van der Waals surface area contributed by atoms with Crippen molar-refractivity contribution in [1.82, 2.24) is 0 Å². The molecule has 2 fully saturated rings. The maximum atomic E-state index is 12.0. The smallest absolute Gasteiger partial charge is 0.305 e. The van der Waals surface area contributed by atoms with E-state index in [2.05, 4.69) is 20.8 Å². The fraction of sp³-hybridized carbons (Fsp3) is 0.792. The molecule has 0 bridgehead atoms. The van der Waals surface area contributed by atoms with E-state index in [9.17, 15) is 14.4 Å². The Morgan fingerprint density at radius 1 is 1.14 bits per heavy atom. The average Bonchev–Trinajstić information content (AvgIpc) is 2.88. The lowest BCUT2D eigenvalue weighted by molar-refractivity contribution is -0.269. The molecule has 3 aliphatic rings. The lowest BCUT2D eigenvalue weighted by Crippen LogP contribution is -2.53. The first-order valence-electron chi connectivity index (χ1n) is 11.2. The number of fused-ring (bicyclic) bond motifs is 1. The van der Waals surface area contributed by atoms with Gasteiger partial charge in [-0.3, -0.25) is 14.4 Å². The van der Waals surface area contributed by atoms with E-state index in [4.69, 9.17) is 9.47 Å². The first kappa shape index (κ1) is 22.0. The van der Waals surface area contributed by atoms with Crippen molar-refractivity contribution >= 4 is 17.7 Å². The summed E-state index contributed by atoms with van der Waals surface area (Å²) < 4.78 is 11.5. The van der Waals surface area contributed by atoms with Crippen LogP contribution >= 0.6 is 0 Å². The third-order valence-corrected chi connectivity index (χ3v) is 7.88. The summed E-state index contributed by atoms with van der Waals surface area (Å²) in [6, 6.07) is 0. The first-order valence-corrected chi connectivity index (χ1v) is 11.2. The Morgan fingerprint density at radius 3 is 2.41 bits per heavy atom. The molecule has 0 aromatic carbocycles. The van der Waals surface area contributed by atoms with Crippen molar-refractivity contribution in [3.63, 3.8) is 0 Å². The van der Waals surface area contributed by atoms with Gasteiger partial charge in [-0.1, -0.05) is 39.2 Å². The van der Waals surface area contributed by atoms with Crippen LogP contribution in [0.25, 0.3) is 0 Å². The Balaban J connectivity index is 1.83. The van der Waals surface area contributed by atoms with Gasteiger partial charge in [-0.05, 0) is 55.4 Å². The van der Waals surface area contributed by atoms with Gasteiger partial charge in [0.15, 0.2) is 5.78 Å². The second-order valence-electron chi connectivity index (χ2n) is 9.84. The van der Waals surface area contributed by atoms with E-state index in [0.717, 1.165) is 38.5 Å². The third-order valence-electron chi connectivity index (χ3n) is 7.88. The van der Waals surface area contributed by atoms with E-state index in [-0.39, 0.29) is 11.2 Å². The highest BCUT2D eigenvalue weighted by Crippen LogP contribution is 2.62. The molecule has 0 aliphatic heterocycles. The second kappa shape index (κ2) is 8.23. The molecule has 3 rings (SSSR count). The number of allylic oxidation sites excluding steroid dienone is 2. The Kier molecular flexibility index (Phi) is 6.26. The molecular formula is C24H36O5. The molecule has 2 saturated carbocycles. The highest BCUT2D eigenvalue weighted by Gasteiger charge is 2.64. The molecule has 5 nitrogen and oxygen atoms in total. The molecule has 29 heavy (non-hydrogen) atoms. The van der Waals surface area contributed by atoms with Gasteiger partial charge in [0.05, 0.1) is 0 Å². The van der Waals surface area contributed by atoms with Gasteiger partial charge in [-0.2, -0.15) is 0 Å². The van der Waals surface area contributed by atoms with E-state index in [1.807, 2.05) is 6.08 Å². The zero-order valence-corrected chi connectivity index (χ0v) is 18.6. The predicted molar refractivity (Wildman–Crippen MR) is 110 cm³/mol.